The summed E-state index contributed by atoms with van der Waals surface area (Å²) in [6.45, 7) is 2.24. The van der Waals surface area contributed by atoms with E-state index >= 15 is 0 Å². The first-order valence-corrected chi connectivity index (χ1v) is 6.86. The van der Waals surface area contributed by atoms with Gasteiger partial charge in [0, 0.05) is 6.54 Å². The minimum atomic E-state index is -0.210. The van der Waals surface area contributed by atoms with E-state index < -0.39 is 0 Å². The summed E-state index contributed by atoms with van der Waals surface area (Å²) < 4.78 is 5.09. The van der Waals surface area contributed by atoms with Gasteiger partial charge in [-0.1, -0.05) is 29.8 Å². The maximum absolute atomic E-state index is 12.1. The lowest BCUT2D eigenvalue weighted by Crippen LogP contribution is -2.23. The van der Waals surface area contributed by atoms with Gasteiger partial charge in [-0.05, 0) is 36.2 Å². The van der Waals surface area contributed by atoms with Crippen LogP contribution in [0.15, 0.2) is 36.4 Å². The summed E-state index contributed by atoms with van der Waals surface area (Å²) in [5, 5.41) is 3.30. The predicted octanol–water partition coefficient (Wildman–Crippen LogP) is 3.17. The Kier molecular flexibility index (Phi) is 4.70. The number of ether oxygens (including phenoxy) is 1. The van der Waals surface area contributed by atoms with Crippen LogP contribution in [-0.2, 0) is 6.54 Å². The van der Waals surface area contributed by atoms with Crippen molar-refractivity contribution in [2.75, 3.05) is 12.8 Å². The zero-order chi connectivity index (χ0) is 15.4. The summed E-state index contributed by atoms with van der Waals surface area (Å²) >= 11 is 6.14. The number of amides is 1. The average Bonchev–Trinajstić information content (AvgIpc) is 2.47. The van der Waals surface area contributed by atoms with Gasteiger partial charge in [0.25, 0.3) is 5.91 Å². The van der Waals surface area contributed by atoms with Crippen LogP contribution in [0.1, 0.15) is 21.5 Å². The van der Waals surface area contributed by atoms with Crippen molar-refractivity contribution in [1.29, 1.82) is 0 Å². The van der Waals surface area contributed by atoms with E-state index in [4.69, 9.17) is 22.1 Å². The van der Waals surface area contributed by atoms with Crippen LogP contribution in [0.25, 0.3) is 0 Å². The zero-order valence-corrected chi connectivity index (χ0v) is 12.7. The molecular weight excluding hydrogens is 288 g/mol. The van der Waals surface area contributed by atoms with Crippen molar-refractivity contribution in [1.82, 2.24) is 5.32 Å². The minimum Gasteiger partial charge on any atom is -0.495 e. The second kappa shape index (κ2) is 6.50. The molecular formula is C16H17ClN2O2. The minimum absolute atomic E-state index is 0.210. The number of nitrogens with one attached hydrogen (secondary N) is 1. The van der Waals surface area contributed by atoms with E-state index in [1.54, 1.807) is 25.3 Å². The maximum atomic E-state index is 12.1. The third-order valence-electron chi connectivity index (χ3n) is 3.18. The number of hydrogen-bond donors (Lipinski definition) is 2. The van der Waals surface area contributed by atoms with Crippen LogP contribution in [0.5, 0.6) is 5.75 Å². The van der Waals surface area contributed by atoms with Crippen molar-refractivity contribution in [2.45, 2.75) is 13.5 Å². The number of halogens is 1. The number of rotatable bonds is 4. The molecule has 5 heteroatoms. The average molecular weight is 305 g/mol. The number of nitrogens with two attached hydrogens (primary N) is 1. The van der Waals surface area contributed by atoms with Crippen LogP contribution in [0.4, 0.5) is 5.69 Å². The number of carbonyl (C=O) groups is 1. The van der Waals surface area contributed by atoms with Gasteiger partial charge in [0.1, 0.15) is 5.75 Å². The highest BCUT2D eigenvalue weighted by atomic mass is 35.5. The van der Waals surface area contributed by atoms with Gasteiger partial charge in [0.2, 0.25) is 0 Å². The topological polar surface area (TPSA) is 64.3 Å². The smallest absolute Gasteiger partial charge is 0.253 e. The van der Waals surface area contributed by atoms with Gasteiger partial charge in [0.05, 0.1) is 23.4 Å². The van der Waals surface area contributed by atoms with Crippen molar-refractivity contribution in [3.05, 3.63) is 58.1 Å². The molecule has 3 N–H and O–H groups in total. The summed E-state index contributed by atoms with van der Waals surface area (Å²) in [6.07, 6.45) is 0. The van der Waals surface area contributed by atoms with E-state index in [0.29, 0.717) is 28.6 Å². The highest BCUT2D eigenvalue weighted by Gasteiger charge is 2.11. The molecule has 0 fully saturated rings. The zero-order valence-electron chi connectivity index (χ0n) is 11.9. The fourth-order valence-electron chi connectivity index (χ4n) is 1.99. The molecule has 0 unspecified atom stereocenters. The Labute approximate surface area is 128 Å². The number of benzene rings is 2. The molecule has 0 aromatic heterocycles. The van der Waals surface area contributed by atoms with Gasteiger partial charge < -0.3 is 15.8 Å². The number of hydrogen-bond acceptors (Lipinski definition) is 3. The second-order valence-electron chi connectivity index (χ2n) is 4.70. The van der Waals surface area contributed by atoms with Gasteiger partial charge in [-0.15, -0.1) is 0 Å². The van der Waals surface area contributed by atoms with Crippen LogP contribution in [-0.4, -0.2) is 13.0 Å². The third kappa shape index (κ3) is 3.47. The predicted molar refractivity (Wildman–Crippen MR) is 84.8 cm³/mol. The molecule has 0 aliphatic carbocycles. The first-order chi connectivity index (χ1) is 10.0. The molecule has 0 radical (unpaired) electrons. The Morgan fingerprint density at radius 3 is 2.76 bits per heavy atom. The number of nitrogen functional groups attached to an aromatic ring is 1. The van der Waals surface area contributed by atoms with Crippen LogP contribution in [0, 0.1) is 6.92 Å². The van der Waals surface area contributed by atoms with E-state index in [1.165, 1.54) is 0 Å². The van der Waals surface area contributed by atoms with Gasteiger partial charge in [0.15, 0.2) is 0 Å². The molecule has 0 saturated carbocycles. The standard InChI is InChI=1S/C16H17ClN2O2/c1-10-4-3-5-12(15(10)17)16(20)19-9-11-6-7-14(21-2)13(18)8-11/h3-8H,9,18H2,1-2H3,(H,19,20). The highest BCUT2D eigenvalue weighted by Crippen LogP contribution is 2.22. The van der Waals surface area contributed by atoms with Crippen LogP contribution in [0.2, 0.25) is 5.02 Å². The van der Waals surface area contributed by atoms with E-state index in [0.717, 1.165) is 11.1 Å². The summed E-state index contributed by atoms with van der Waals surface area (Å²) in [5.41, 5.74) is 8.61. The Balaban J connectivity index is 2.07. The molecule has 2 aromatic rings. The molecule has 0 bridgehead atoms. The molecule has 110 valence electrons. The number of aryl methyl sites for hydroxylation is 1. The Hall–Kier alpha value is -2.20. The van der Waals surface area contributed by atoms with E-state index in [2.05, 4.69) is 5.32 Å². The molecule has 0 atom stereocenters. The highest BCUT2D eigenvalue weighted by molar-refractivity contribution is 6.34. The molecule has 0 saturated heterocycles. The molecule has 2 aromatic carbocycles. The molecule has 4 nitrogen and oxygen atoms in total. The van der Waals surface area contributed by atoms with Gasteiger partial charge in [-0.2, -0.15) is 0 Å². The molecule has 0 aliphatic heterocycles. The monoisotopic (exact) mass is 304 g/mol. The summed E-state index contributed by atoms with van der Waals surface area (Å²) in [5.74, 6) is 0.407. The van der Waals surface area contributed by atoms with Crippen LogP contribution in [0.3, 0.4) is 0 Å². The van der Waals surface area contributed by atoms with Crippen molar-refractivity contribution < 1.29 is 9.53 Å². The number of carbonyl (C=O) groups excluding carboxylic acids is 1. The first-order valence-electron chi connectivity index (χ1n) is 6.48. The SMILES string of the molecule is COc1ccc(CNC(=O)c2cccc(C)c2Cl)cc1N. The largest absolute Gasteiger partial charge is 0.495 e. The quantitative estimate of drug-likeness (QED) is 0.853. The number of methoxy groups -OCH3 is 1. The summed E-state index contributed by atoms with van der Waals surface area (Å²) in [4.78, 5) is 12.1. The molecule has 1 amide bonds. The molecule has 0 aliphatic rings. The molecule has 0 heterocycles. The summed E-state index contributed by atoms with van der Waals surface area (Å²) in [6, 6.07) is 10.8. The Morgan fingerprint density at radius 1 is 1.33 bits per heavy atom. The van der Waals surface area contributed by atoms with Crippen LogP contribution >= 0.6 is 11.6 Å². The van der Waals surface area contributed by atoms with Gasteiger partial charge >= 0.3 is 0 Å². The van der Waals surface area contributed by atoms with Gasteiger partial charge in [-0.25, -0.2) is 0 Å². The summed E-state index contributed by atoms with van der Waals surface area (Å²) in [7, 11) is 1.56. The Morgan fingerprint density at radius 2 is 2.10 bits per heavy atom. The van der Waals surface area contributed by atoms with Crippen LogP contribution < -0.4 is 15.8 Å². The fourth-order valence-corrected chi connectivity index (χ4v) is 2.21. The second-order valence-corrected chi connectivity index (χ2v) is 5.07. The van der Waals surface area contributed by atoms with Crippen molar-refractivity contribution >= 4 is 23.2 Å². The van der Waals surface area contributed by atoms with E-state index in [1.807, 2.05) is 25.1 Å². The third-order valence-corrected chi connectivity index (χ3v) is 3.69. The lowest BCUT2D eigenvalue weighted by Gasteiger charge is -2.10. The van der Waals surface area contributed by atoms with Gasteiger partial charge in [-0.3, -0.25) is 4.79 Å². The first kappa shape index (κ1) is 15.2. The fraction of sp³-hybridized carbons (Fsp3) is 0.188. The maximum Gasteiger partial charge on any atom is 0.253 e. The van der Waals surface area contributed by atoms with E-state index in [9.17, 15) is 4.79 Å². The lowest BCUT2D eigenvalue weighted by atomic mass is 10.1. The van der Waals surface area contributed by atoms with Crippen molar-refractivity contribution in [3.8, 4) is 5.75 Å². The normalized spacial score (nSPS) is 10.2. The Bertz CT molecular complexity index is 671. The molecule has 0 spiro atoms. The molecule has 21 heavy (non-hydrogen) atoms. The van der Waals surface area contributed by atoms with E-state index in [-0.39, 0.29) is 5.91 Å². The number of anilines is 1. The lowest BCUT2D eigenvalue weighted by molar-refractivity contribution is 0.0951. The van der Waals surface area contributed by atoms with Crippen molar-refractivity contribution in [2.24, 2.45) is 0 Å². The van der Waals surface area contributed by atoms with Crippen molar-refractivity contribution in [3.63, 3.8) is 0 Å². The molecule has 2 rings (SSSR count).